The van der Waals surface area contributed by atoms with Crippen molar-refractivity contribution in [2.75, 3.05) is 19.5 Å². The molecule has 0 aromatic heterocycles. The molecule has 0 heterocycles. The molecule has 0 aliphatic heterocycles. The van der Waals surface area contributed by atoms with Crippen LogP contribution in [0.4, 0.5) is 5.69 Å². The Morgan fingerprint density at radius 1 is 0.947 bits per heavy atom. The van der Waals surface area contributed by atoms with Crippen LogP contribution >= 0.6 is 0 Å². The van der Waals surface area contributed by atoms with Crippen LogP contribution < -0.4 is 14.8 Å². The Balaban J connectivity index is 2.18. The van der Waals surface area contributed by atoms with Crippen LogP contribution in [0.5, 0.6) is 11.5 Å². The zero-order chi connectivity index (χ0) is 13.7. The lowest BCUT2D eigenvalue weighted by Crippen LogP contribution is -2.03. The van der Waals surface area contributed by atoms with Gasteiger partial charge in [-0.3, -0.25) is 0 Å². The summed E-state index contributed by atoms with van der Waals surface area (Å²) >= 11 is 0. The Labute approximate surface area is 114 Å². The van der Waals surface area contributed by atoms with Crippen LogP contribution in [0.3, 0.4) is 0 Å². The van der Waals surface area contributed by atoms with E-state index in [2.05, 4.69) is 24.4 Å². The third kappa shape index (κ3) is 2.99. The lowest BCUT2D eigenvalue weighted by molar-refractivity contribution is 0.352. The van der Waals surface area contributed by atoms with Gasteiger partial charge in [0, 0.05) is 17.8 Å². The molecule has 0 saturated carbocycles. The molecule has 3 nitrogen and oxygen atoms in total. The number of ether oxygens (including phenoxy) is 2. The summed E-state index contributed by atoms with van der Waals surface area (Å²) in [5.41, 5.74) is 3.43. The first-order valence-corrected chi connectivity index (χ1v) is 6.25. The molecule has 0 fully saturated rings. The number of benzene rings is 2. The van der Waals surface area contributed by atoms with Gasteiger partial charge in [-0.1, -0.05) is 30.3 Å². The Kier molecular flexibility index (Phi) is 4.29. The van der Waals surface area contributed by atoms with Crippen molar-refractivity contribution in [3.63, 3.8) is 0 Å². The number of nitrogens with one attached hydrogen (secondary N) is 1. The average Bonchev–Trinajstić information content (AvgIpc) is 2.45. The van der Waals surface area contributed by atoms with Gasteiger partial charge < -0.3 is 14.8 Å². The van der Waals surface area contributed by atoms with Gasteiger partial charge in [-0.05, 0) is 24.6 Å². The minimum atomic E-state index is 0.700. The van der Waals surface area contributed by atoms with Gasteiger partial charge >= 0.3 is 0 Å². The highest BCUT2D eigenvalue weighted by molar-refractivity contribution is 5.53. The fourth-order valence-electron chi connectivity index (χ4n) is 2.05. The third-order valence-corrected chi connectivity index (χ3v) is 3.10. The summed E-state index contributed by atoms with van der Waals surface area (Å²) in [5, 5.41) is 3.42. The Hall–Kier alpha value is -2.16. The molecule has 19 heavy (non-hydrogen) atoms. The highest BCUT2D eigenvalue weighted by Gasteiger charge is 2.09. The maximum atomic E-state index is 5.42. The Morgan fingerprint density at radius 2 is 1.74 bits per heavy atom. The highest BCUT2D eigenvalue weighted by Crippen LogP contribution is 2.31. The van der Waals surface area contributed by atoms with Crippen LogP contribution in [0.15, 0.2) is 42.5 Å². The number of hydrogen-bond acceptors (Lipinski definition) is 3. The zero-order valence-electron chi connectivity index (χ0n) is 11.6. The van der Waals surface area contributed by atoms with E-state index in [4.69, 9.17) is 9.47 Å². The number of aryl methyl sites for hydroxylation is 1. The standard InChI is InChI=1S/C16H19NO2/c1-12-7-4-5-9-14(12)17-11-13-8-6-10-15(18-2)16(13)19-3/h4-10,17H,11H2,1-3H3. The zero-order valence-corrected chi connectivity index (χ0v) is 11.6. The van der Waals surface area contributed by atoms with Gasteiger partial charge in [0.1, 0.15) is 0 Å². The molecule has 3 heteroatoms. The van der Waals surface area contributed by atoms with E-state index in [0.717, 1.165) is 22.7 Å². The van der Waals surface area contributed by atoms with Gasteiger partial charge in [0.05, 0.1) is 14.2 Å². The highest BCUT2D eigenvalue weighted by atomic mass is 16.5. The van der Waals surface area contributed by atoms with Gasteiger partial charge in [0.15, 0.2) is 11.5 Å². The molecule has 0 saturated heterocycles. The second-order valence-corrected chi connectivity index (χ2v) is 4.32. The number of para-hydroxylation sites is 2. The van der Waals surface area contributed by atoms with Gasteiger partial charge in [-0.2, -0.15) is 0 Å². The van der Waals surface area contributed by atoms with E-state index in [9.17, 15) is 0 Å². The van der Waals surface area contributed by atoms with Crippen molar-refractivity contribution in [2.24, 2.45) is 0 Å². The summed E-state index contributed by atoms with van der Waals surface area (Å²) < 4.78 is 10.7. The normalized spacial score (nSPS) is 10.1. The van der Waals surface area contributed by atoms with Gasteiger partial charge in [0.25, 0.3) is 0 Å². The molecule has 0 bridgehead atoms. The van der Waals surface area contributed by atoms with E-state index in [0.29, 0.717) is 6.54 Å². The lowest BCUT2D eigenvalue weighted by Gasteiger charge is -2.14. The van der Waals surface area contributed by atoms with Crippen molar-refractivity contribution >= 4 is 5.69 Å². The van der Waals surface area contributed by atoms with Crippen LogP contribution in [0.2, 0.25) is 0 Å². The van der Waals surface area contributed by atoms with Crippen molar-refractivity contribution in [3.05, 3.63) is 53.6 Å². The van der Waals surface area contributed by atoms with Crippen LogP contribution in [0, 0.1) is 6.92 Å². The van der Waals surface area contributed by atoms with Crippen LogP contribution in [0.25, 0.3) is 0 Å². The van der Waals surface area contributed by atoms with Crippen LogP contribution in [0.1, 0.15) is 11.1 Å². The molecule has 1 N–H and O–H groups in total. The van der Waals surface area contributed by atoms with E-state index in [1.165, 1.54) is 5.56 Å². The largest absolute Gasteiger partial charge is 0.493 e. The predicted octanol–water partition coefficient (Wildman–Crippen LogP) is 3.62. The smallest absolute Gasteiger partial charge is 0.165 e. The van der Waals surface area contributed by atoms with Crippen molar-refractivity contribution in [1.82, 2.24) is 0 Å². The number of methoxy groups -OCH3 is 2. The summed E-state index contributed by atoms with van der Waals surface area (Å²) in [7, 11) is 3.31. The number of anilines is 1. The molecule has 2 rings (SSSR count). The van der Waals surface area contributed by atoms with Crippen LogP contribution in [-0.2, 0) is 6.54 Å². The first-order valence-electron chi connectivity index (χ1n) is 6.25. The summed E-state index contributed by atoms with van der Waals surface area (Å²) in [6, 6.07) is 14.1. The monoisotopic (exact) mass is 257 g/mol. The molecule has 0 amide bonds. The quantitative estimate of drug-likeness (QED) is 0.887. The number of hydrogen-bond donors (Lipinski definition) is 1. The van der Waals surface area contributed by atoms with Gasteiger partial charge in [-0.15, -0.1) is 0 Å². The molecule has 0 spiro atoms. The summed E-state index contributed by atoms with van der Waals surface area (Å²) in [6.45, 7) is 2.79. The molecular weight excluding hydrogens is 238 g/mol. The lowest BCUT2D eigenvalue weighted by atomic mass is 10.1. The first-order chi connectivity index (χ1) is 9.26. The van der Waals surface area contributed by atoms with E-state index in [1.807, 2.05) is 30.3 Å². The van der Waals surface area contributed by atoms with Crippen molar-refractivity contribution in [2.45, 2.75) is 13.5 Å². The van der Waals surface area contributed by atoms with Crippen molar-refractivity contribution in [3.8, 4) is 11.5 Å². The Morgan fingerprint density at radius 3 is 2.42 bits per heavy atom. The van der Waals surface area contributed by atoms with Crippen molar-refractivity contribution < 1.29 is 9.47 Å². The van der Waals surface area contributed by atoms with Crippen molar-refractivity contribution in [1.29, 1.82) is 0 Å². The molecule has 2 aromatic rings. The van der Waals surface area contributed by atoms with Gasteiger partial charge in [0.2, 0.25) is 0 Å². The van der Waals surface area contributed by atoms with E-state index in [-0.39, 0.29) is 0 Å². The summed E-state index contributed by atoms with van der Waals surface area (Å²) in [6.07, 6.45) is 0. The molecule has 0 unspecified atom stereocenters. The molecule has 2 aromatic carbocycles. The van der Waals surface area contributed by atoms with E-state index >= 15 is 0 Å². The molecular formula is C16H19NO2. The van der Waals surface area contributed by atoms with Gasteiger partial charge in [-0.25, -0.2) is 0 Å². The minimum Gasteiger partial charge on any atom is -0.493 e. The SMILES string of the molecule is COc1cccc(CNc2ccccc2C)c1OC. The Bertz CT molecular complexity index is 552. The second kappa shape index (κ2) is 6.14. The summed E-state index contributed by atoms with van der Waals surface area (Å²) in [5.74, 6) is 1.54. The maximum Gasteiger partial charge on any atom is 0.165 e. The molecule has 0 aliphatic rings. The number of rotatable bonds is 5. The maximum absolute atomic E-state index is 5.42. The molecule has 0 atom stereocenters. The topological polar surface area (TPSA) is 30.5 Å². The molecule has 0 aliphatic carbocycles. The van der Waals surface area contributed by atoms with E-state index < -0.39 is 0 Å². The van der Waals surface area contributed by atoms with Crippen LogP contribution in [-0.4, -0.2) is 14.2 Å². The molecule has 0 radical (unpaired) electrons. The first kappa shape index (κ1) is 13.3. The minimum absolute atomic E-state index is 0.700. The van der Waals surface area contributed by atoms with E-state index in [1.54, 1.807) is 14.2 Å². The molecule has 100 valence electrons. The summed E-state index contributed by atoms with van der Waals surface area (Å²) in [4.78, 5) is 0. The average molecular weight is 257 g/mol. The second-order valence-electron chi connectivity index (χ2n) is 4.32. The predicted molar refractivity (Wildman–Crippen MR) is 78.1 cm³/mol. The fraction of sp³-hybridized carbons (Fsp3) is 0.250. The third-order valence-electron chi connectivity index (χ3n) is 3.10. The fourth-order valence-corrected chi connectivity index (χ4v) is 2.05.